The molecule has 0 aromatic heterocycles. The molecule has 4 amide bonds. The molecule has 0 saturated heterocycles. The first kappa shape index (κ1) is 50.9. The van der Waals surface area contributed by atoms with Crippen molar-refractivity contribution in [2.75, 3.05) is 19.7 Å². The van der Waals surface area contributed by atoms with Gasteiger partial charge in [-0.1, -0.05) is 38.5 Å². The fraction of sp³-hybridized carbons (Fsp3) is 0.650. The summed E-state index contributed by atoms with van der Waals surface area (Å²) in [4.78, 5) is 94.1. The van der Waals surface area contributed by atoms with E-state index in [2.05, 4.69) is 21.3 Å². The number of aromatic carboxylic acids is 1. The molecule has 4 atom stereocenters. The van der Waals surface area contributed by atoms with E-state index in [1.54, 1.807) is 12.1 Å². The van der Waals surface area contributed by atoms with Crippen LogP contribution in [0, 0.1) is 0 Å². The second-order valence-electron chi connectivity index (χ2n) is 14.3. The lowest BCUT2D eigenvalue weighted by Crippen LogP contribution is -2.44. The molecule has 11 N–H and O–H groups in total. The molecule has 1 aromatic rings. The number of unbranched alkanes of at least 4 members (excludes halogenated alkanes) is 9. The van der Waals surface area contributed by atoms with Crippen molar-refractivity contribution < 1.29 is 58.4 Å². The van der Waals surface area contributed by atoms with E-state index in [-0.39, 0.29) is 50.1 Å². The number of nitrogens with one attached hydrogen (secondary N) is 4. The zero-order valence-electron chi connectivity index (χ0n) is 33.4. The van der Waals surface area contributed by atoms with Crippen molar-refractivity contribution in [3.05, 3.63) is 29.8 Å². The number of carboxylic acid groups (broad SMARTS) is 3. The van der Waals surface area contributed by atoms with Crippen LogP contribution < -0.4 is 37.5 Å². The highest BCUT2D eigenvalue weighted by molar-refractivity contribution is 5.88. The lowest BCUT2D eigenvalue weighted by Gasteiger charge is -2.17. The molecule has 1 aromatic carbocycles. The third-order valence-corrected chi connectivity index (χ3v) is 9.29. The molecular formula is C40H64N6O12. The number of carbonyl (C=O) groups is 8. The van der Waals surface area contributed by atoms with Gasteiger partial charge in [-0.3, -0.25) is 19.2 Å². The van der Waals surface area contributed by atoms with Crippen LogP contribution in [0.25, 0.3) is 0 Å². The van der Waals surface area contributed by atoms with Gasteiger partial charge in [0.25, 0.3) is 0 Å². The number of carbonyl (C=O) groups excluding carboxylic acids is 5. The van der Waals surface area contributed by atoms with Crippen molar-refractivity contribution in [3.8, 4) is 5.75 Å². The Morgan fingerprint density at radius 2 is 1.09 bits per heavy atom. The highest BCUT2D eigenvalue weighted by Gasteiger charge is 2.24. The van der Waals surface area contributed by atoms with Crippen molar-refractivity contribution >= 4 is 47.8 Å². The minimum Gasteiger partial charge on any atom is -0.494 e. The van der Waals surface area contributed by atoms with Crippen molar-refractivity contribution in [2.45, 2.75) is 146 Å². The Bertz CT molecular complexity index is 1430. The lowest BCUT2D eigenvalue weighted by molar-refractivity contribution is -0.143. The van der Waals surface area contributed by atoms with Crippen LogP contribution in [0.15, 0.2) is 24.3 Å². The average molecular weight is 821 g/mol. The number of hydrogen-bond donors (Lipinski definition) is 9. The molecule has 18 heteroatoms. The number of aliphatic carboxylic acids is 2. The van der Waals surface area contributed by atoms with Gasteiger partial charge in [-0.25, -0.2) is 14.4 Å². The van der Waals surface area contributed by atoms with E-state index in [1.165, 1.54) is 12.1 Å². The smallest absolute Gasteiger partial charge is 0.335 e. The summed E-state index contributed by atoms with van der Waals surface area (Å²) in [5.41, 5.74) is 11.6. The molecule has 18 nitrogen and oxygen atoms in total. The van der Waals surface area contributed by atoms with Crippen molar-refractivity contribution in [1.82, 2.24) is 21.3 Å². The van der Waals surface area contributed by atoms with Gasteiger partial charge in [-0.05, 0) is 88.5 Å². The second-order valence-corrected chi connectivity index (χ2v) is 14.3. The van der Waals surface area contributed by atoms with Crippen LogP contribution in [-0.4, -0.2) is 107 Å². The Labute approximate surface area is 340 Å². The molecular weight excluding hydrogens is 756 g/mol. The topological polar surface area (TPSA) is 307 Å². The van der Waals surface area contributed by atoms with Crippen LogP contribution in [0.1, 0.15) is 132 Å². The zero-order valence-corrected chi connectivity index (χ0v) is 33.4. The third-order valence-electron chi connectivity index (χ3n) is 9.29. The largest absolute Gasteiger partial charge is 0.494 e. The SMILES string of the molecule is N[C@H](C=O)CCCCNC(=O)[C@@H](N)CCCCNC(=O)CC[C@H](NC(=O)CC[C@H](NC(=O)CCCCCCCCCCOc1ccc(C(=O)O)cc1)C(=O)O)C(=O)O. The summed E-state index contributed by atoms with van der Waals surface area (Å²) >= 11 is 0. The molecule has 1 rings (SSSR count). The summed E-state index contributed by atoms with van der Waals surface area (Å²) in [6, 6.07) is 2.36. The van der Waals surface area contributed by atoms with E-state index >= 15 is 0 Å². The minimum absolute atomic E-state index is 0.136. The summed E-state index contributed by atoms with van der Waals surface area (Å²) < 4.78 is 5.63. The van der Waals surface area contributed by atoms with E-state index in [9.17, 15) is 48.6 Å². The molecule has 0 saturated carbocycles. The summed E-state index contributed by atoms with van der Waals surface area (Å²) in [5.74, 6) is -4.91. The first-order chi connectivity index (χ1) is 27.7. The standard InChI is InChI=1S/C40H64N6O12/c41-29(27-47)13-8-10-25-44-37(51)31(42)14-9-11-24-43-34(48)22-20-32(39(54)55)46-36(50)23-21-33(40(56)57)45-35(49)15-7-5-3-1-2-4-6-12-26-58-30-18-16-28(17-19-30)38(52)53/h16-19,27,29,31-33H,1-15,20-26,41-42H2,(H,43,48)(H,44,51)(H,45,49)(H,46,50)(H,52,53)(H,54,55)(H,56,57)/t29-,31-,32-,33-/m0/s1. The van der Waals surface area contributed by atoms with Gasteiger partial charge in [0.2, 0.25) is 23.6 Å². The van der Waals surface area contributed by atoms with Crippen LogP contribution in [-0.2, 0) is 33.6 Å². The van der Waals surface area contributed by atoms with Crippen LogP contribution in [0.2, 0.25) is 0 Å². The van der Waals surface area contributed by atoms with Gasteiger partial charge in [-0.15, -0.1) is 0 Å². The predicted octanol–water partition coefficient (Wildman–Crippen LogP) is 2.40. The maximum absolute atomic E-state index is 12.5. The number of benzene rings is 1. The van der Waals surface area contributed by atoms with Crippen LogP contribution in [0.3, 0.4) is 0 Å². The molecule has 0 radical (unpaired) electrons. The van der Waals surface area contributed by atoms with E-state index in [0.717, 1.165) is 44.9 Å². The van der Waals surface area contributed by atoms with Gasteiger partial charge < -0.3 is 57.6 Å². The first-order valence-electron chi connectivity index (χ1n) is 20.2. The zero-order chi connectivity index (χ0) is 43.1. The van der Waals surface area contributed by atoms with Gasteiger partial charge >= 0.3 is 17.9 Å². The number of hydrogen-bond acceptors (Lipinski definition) is 11. The van der Waals surface area contributed by atoms with Gasteiger partial charge in [0.15, 0.2) is 0 Å². The van der Waals surface area contributed by atoms with Gasteiger partial charge in [0, 0.05) is 32.4 Å². The van der Waals surface area contributed by atoms with Gasteiger partial charge in [0.1, 0.15) is 24.1 Å². The fourth-order valence-corrected chi connectivity index (χ4v) is 5.78. The highest BCUT2D eigenvalue weighted by atomic mass is 16.5. The molecule has 0 unspecified atom stereocenters. The molecule has 0 heterocycles. The molecule has 326 valence electrons. The van der Waals surface area contributed by atoms with Crippen molar-refractivity contribution in [2.24, 2.45) is 11.5 Å². The summed E-state index contributed by atoms with van der Waals surface area (Å²) in [6.45, 7) is 1.25. The lowest BCUT2D eigenvalue weighted by atomic mass is 10.1. The predicted molar refractivity (Wildman–Crippen MR) is 214 cm³/mol. The second kappa shape index (κ2) is 31.0. The van der Waals surface area contributed by atoms with Crippen LogP contribution in [0.5, 0.6) is 5.75 Å². The molecule has 0 aliphatic rings. The monoisotopic (exact) mass is 820 g/mol. The Morgan fingerprint density at radius 1 is 0.586 bits per heavy atom. The number of ether oxygens (including phenoxy) is 1. The number of rotatable bonds is 35. The fourth-order valence-electron chi connectivity index (χ4n) is 5.78. The van der Waals surface area contributed by atoms with E-state index < -0.39 is 59.8 Å². The molecule has 0 spiro atoms. The third kappa shape index (κ3) is 25.2. The highest BCUT2D eigenvalue weighted by Crippen LogP contribution is 2.14. The summed E-state index contributed by atoms with van der Waals surface area (Å²) in [6.07, 6.45) is 10.5. The molecule has 58 heavy (non-hydrogen) atoms. The Hall–Kier alpha value is -5.10. The molecule has 0 aliphatic heterocycles. The molecule has 0 aliphatic carbocycles. The Morgan fingerprint density at radius 3 is 1.64 bits per heavy atom. The van der Waals surface area contributed by atoms with Crippen LogP contribution in [0.4, 0.5) is 0 Å². The van der Waals surface area contributed by atoms with E-state index in [0.29, 0.717) is 70.1 Å². The molecule has 0 fully saturated rings. The van der Waals surface area contributed by atoms with E-state index in [4.69, 9.17) is 21.3 Å². The maximum atomic E-state index is 12.5. The normalized spacial score (nSPS) is 12.9. The van der Waals surface area contributed by atoms with Crippen molar-refractivity contribution in [1.29, 1.82) is 0 Å². The maximum Gasteiger partial charge on any atom is 0.335 e. The number of nitrogens with two attached hydrogens (primary N) is 2. The Balaban J connectivity index is 2.18. The van der Waals surface area contributed by atoms with Gasteiger partial charge in [-0.2, -0.15) is 0 Å². The van der Waals surface area contributed by atoms with Crippen LogP contribution >= 0.6 is 0 Å². The summed E-state index contributed by atoms with van der Waals surface area (Å²) in [5, 5.41) is 38.2. The van der Waals surface area contributed by atoms with Gasteiger partial charge in [0.05, 0.1) is 24.3 Å². The summed E-state index contributed by atoms with van der Waals surface area (Å²) in [7, 11) is 0. The first-order valence-corrected chi connectivity index (χ1v) is 20.2. The molecule has 0 bridgehead atoms. The number of aldehydes is 1. The van der Waals surface area contributed by atoms with Crippen molar-refractivity contribution in [3.63, 3.8) is 0 Å². The quantitative estimate of drug-likeness (QED) is 0.0351. The number of amides is 4. The average Bonchev–Trinajstić information content (AvgIpc) is 3.19. The Kier molecular flexibility index (Phi) is 27.2. The minimum atomic E-state index is -1.37. The van der Waals surface area contributed by atoms with E-state index in [1.807, 2.05) is 0 Å². The number of carboxylic acids is 3.